The van der Waals surface area contributed by atoms with Crippen molar-refractivity contribution < 1.29 is 22.7 Å². The third kappa shape index (κ3) is 3.73. The van der Waals surface area contributed by atoms with Gasteiger partial charge in [-0.1, -0.05) is 12.1 Å². The van der Waals surface area contributed by atoms with Crippen molar-refractivity contribution >= 4 is 26.7 Å². The van der Waals surface area contributed by atoms with Crippen LogP contribution in [0.5, 0.6) is 11.5 Å². The topological polar surface area (TPSA) is 85.8 Å². The summed E-state index contributed by atoms with van der Waals surface area (Å²) in [5, 5.41) is 0.801. The van der Waals surface area contributed by atoms with Gasteiger partial charge >= 0.3 is 0 Å². The number of ether oxygens (including phenoxy) is 2. The van der Waals surface area contributed by atoms with E-state index in [0.29, 0.717) is 61.7 Å². The number of rotatable bonds is 4. The summed E-state index contributed by atoms with van der Waals surface area (Å²) in [6.45, 7) is 3.48. The van der Waals surface area contributed by atoms with Crippen LogP contribution in [0.4, 0.5) is 0 Å². The number of carbonyl (C=O) groups is 1. The molecule has 3 heterocycles. The highest BCUT2D eigenvalue weighted by atomic mass is 32.2. The third-order valence-electron chi connectivity index (χ3n) is 6.08. The van der Waals surface area contributed by atoms with Crippen LogP contribution in [0.2, 0.25) is 0 Å². The highest BCUT2D eigenvalue weighted by molar-refractivity contribution is 7.89. The second-order valence-electron chi connectivity index (χ2n) is 8.24. The van der Waals surface area contributed by atoms with Gasteiger partial charge in [0.05, 0.1) is 5.52 Å². The van der Waals surface area contributed by atoms with E-state index in [-0.39, 0.29) is 16.6 Å². The molecule has 32 heavy (non-hydrogen) atoms. The number of nitrogens with zero attached hydrogens (tertiary/aromatic N) is 2. The van der Waals surface area contributed by atoms with Gasteiger partial charge in [0, 0.05) is 36.2 Å². The molecule has 3 aromatic rings. The molecule has 1 fully saturated rings. The molecular formula is C24H24N2O5S. The molecule has 0 spiro atoms. The number of sulfonamides is 1. The van der Waals surface area contributed by atoms with Crippen LogP contribution in [-0.4, -0.2) is 49.8 Å². The Labute approximate surface area is 187 Å². The monoisotopic (exact) mass is 452 g/mol. The highest BCUT2D eigenvalue weighted by Gasteiger charge is 2.33. The number of aryl methyl sites for hydroxylation is 1. The Balaban J connectivity index is 1.33. The Morgan fingerprint density at radius 3 is 2.56 bits per heavy atom. The number of carbonyl (C=O) groups excluding carboxylic acids is 1. The maximum absolute atomic E-state index is 13.4. The summed E-state index contributed by atoms with van der Waals surface area (Å²) in [6.07, 6.45) is 2.63. The number of ketones is 1. The van der Waals surface area contributed by atoms with E-state index in [0.717, 1.165) is 10.9 Å². The molecule has 8 heteroatoms. The van der Waals surface area contributed by atoms with Gasteiger partial charge in [-0.25, -0.2) is 8.42 Å². The molecule has 1 aromatic heterocycles. The Morgan fingerprint density at radius 2 is 1.78 bits per heavy atom. The van der Waals surface area contributed by atoms with Gasteiger partial charge in [0.1, 0.15) is 18.1 Å². The van der Waals surface area contributed by atoms with Gasteiger partial charge in [0.15, 0.2) is 17.3 Å². The van der Waals surface area contributed by atoms with Crippen molar-refractivity contribution in [2.24, 2.45) is 5.92 Å². The van der Waals surface area contributed by atoms with Gasteiger partial charge in [-0.05, 0) is 55.7 Å². The minimum absolute atomic E-state index is 0.0151. The number of aromatic nitrogens is 1. The molecule has 0 aliphatic carbocycles. The van der Waals surface area contributed by atoms with Crippen molar-refractivity contribution in [1.82, 2.24) is 9.29 Å². The number of hydrogen-bond acceptors (Lipinski definition) is 6. The molecule has 166 valence electrons. The number of pyridine rings is 1. The average Bonchev–Trinajstić information content (AvgIpc) is 2.82. The van der Waals surface area contributed by atoms with Gasteiger partial charge in [-0.15, -0.1) is 0 Å². The average molecular weight is 453 g/mol. The zero-order valence-corrected chi connectivity index (χ0v) is 18.6. The van der Waals surface area contributed by atoms with Gasteiger partial charge in [-0.3, -0.25) is 9.78 Å². The van der Waals surface area contributed by atoms with E-state index in [1.54, 1.807) is 36.5 Å². The second kappa shape index (κ2) is 8.18. The minimum Gasteiger partial charge on any atom is -0.486 e. The predicted octanol–water partition coefficient (Wildman–Crippen LogP) is 3.60. The third-order valence-corrected chi connectivity index (χ3v) is 8.01. The summed E-state index contributed by atoms with van der Waals surface area (Å²) in [5.74, 6) is 1.02. The van der Waals surface area contributed by atoms with Crippen molar-refractivity contribution in [3.63, 3.8) is 0 Å². The Bertz CT molecular complexity index is 1300. The highest BCUT2D eigenvalue weighted by Crippen LogP contribution is 2.33. The van der Waals surface area contributed by atoms with Crippen molar-refractivity contribution in [3.05, 3.63) is 59.8 Å². The fraction of sp³-hybridized carbons (Fsp3) is 0.333. The smallest absolute Gasteiger partial charge is 0.245 e. The molecule has 2 aliphatic rings. The number of Topliss-reactive ketones (excluding diaryl/α,β-unsaturated/α-hetero) is 1. The summed E-state index contributed by atoms with van der Waals surface area (Å²) in [7, 11) is -3.70. The summed E-state index contributed by atoms with van der Waals surface area (Å²) in [5.41, 5.74) is 2.03. The van der Waals surface area contributed by atoms with E-state index in [1.165, 1.54) is 4.31 Å². The SMILES string of the molecule is Cc1cnc2c(S(=O)(=O)N3CCC(C(=O)c4ccc5c(c4)OCCO5)CC3)cccc2c1. The lowest BCUT2D eigenvalue weighted by Crippen LogP contribution is -2.40. The second-order valence-corrected chi connectivity index (χ2v) is 10.1. The van der Waals surface area contributed by atoms with E-state index < -0.39 is 10.0 Å². The fourth-order valence-electron chi connectivity index (χ4n) is 4.38. The van der Waals surface area contributed by atoms with E-state index in [1.807, 2.05) is 19.1 Å². The molecule has 0 bridgehead atoms. The molecule has 0 radical (unpaired) electrons. The number of hydrogen-bond donors (Lipinski definition) is 0. The van der Waals surface area contributed by atoms with Crippen LogP contribution in [0.25, 0.3) is 10.9 Å². The summed E-state index contributed by atoms with van der Waals surface area (Å²) >= 11 is 0. The van der Waals surface area contributed by atoms with Crippen LogP contribution in [0, 0.1) is 12.8 Å². The van der Waals surface area contributed by atoms with Gasteiger partial charge in [0.25, 0.3) is 0 Å². The lowest BCUT2D eigenvalue weighted by Gasteiger charge is -2.31. The first-order valence-electron chi connectivity index (χ1n) is 10.7. The molecule has 1 saturated heterocycles. The molecule has 2 aliphatic heterocycles. The van der Waals surface area contributed by atoms with Crippen molar-refractivity contribution in [3.8, 4) is 11.5 Å². The first-order chi connectivity index (χ1) is 15.4. The molecular weight excluding hydrogens is 428 g/mol. The van der Waals surface area contributed by atoms with Crippen molar-refractivity contribution in [2.45, 2.75) is 24.7 Å². The number of benzene rings is 2. The van der Waals surface area contributed by atoms with Crippen LogP contribution < -0.4 is 9.47 Å². The lowest BCUT2D eigenvalue weighted by molar-refractivity contribution is 0.0874. The molecule has 2 aromatic carbocycles. The predicted molar refractivity (Wildman–Crippen MR) is 120 cm³/mol. The van der Waals surface area contributed by atoms with Crippen molar-refractivity contribution in [1.29, 1.82) is 0 Å². The Kier molecular flexibility index (Phi) is 5.35. The number of piperidine rings is 1. The standard InChI is InChI=1S/C24H24N2O5S/c1-16-13-18-3-2-4-22(23(18)25-15-16)32(28,29)26-9-7-17(8-10-26)24(27)19-5-6-20-21(14-19)31-12-11-30-20/h2-6,13-15,17H,7-12H2,1H3. The molecule has 0 saturated carbocycles. The number of para-hydroxylation sites is 1. The minimum atomic E-state index is -3.70. The molecule has 0 N–H and O–H groups in total. The quantitative estimate of drug-likeness (QED) is 0.563. The van der Waals surface area contributed by atoms with Crippen LogP contribution in [0.1, 0.15) is 28.8 Å². The number of fused-ring (bicyclic) bond motifs is 2. The van der Waals surface area contributed by atoms with Gasteiger partial charge < -0.3 is 9.47 Å². The summed E-state index contributed by atoms with van der Waals surface area (Å²) in [6, 6.07) is 12.4. The van der Waals surface area contributed by atoms with E-state index in [9.17, 15) is 13.2 Å². The van der Waals surface area contributed by atoms with Crippen molar-refractivity contribution in [2.75, 3.05) is 26.3 Å². The largest absolute Gasteiger partial charge is 0.486 e. The zero-order valence-electron chi connectivity index (χ0n) is 17.8. The van der Waals surface area contributed by atoms with E-state index in [4.69, 9.17) is 9.47 Å². The lowest BCUT2D eigenvalue weighted by atomic mass is 9.89. The molecule has 7 nitrogen and oxygen atoms in total. The molecule has 0 amide bonds. The van der Waals surface area contributed by atoms with Crippen LogP contribution in [0.15, 0.2) is 53.6 Å². The van der Waals surface area contributed by atoms with Gasteiger partial charge in [-0.2, -0.15) is 4.31 Å². The van der Waals surface area contributed by atoms with E-state index in [2.05, 4.69) is 4.98 Å². The molecule has 0 atom stereocenters. The van der Waals surface area contributed by atoms with Crippen LogP contribution >= 0.6 is 0 Å². The maximum Gasteiger partial charge on any atom is 0.245 e. The Hall–Kier alpha value is -2.97. The van der Waals surface area contributed by atoms with Crippen LogP contribution in [-0.2, 0) is 10.0 Å². The normalized spacial score (nSPS) is 17.4. The Morgan fingerprint density at radius 1 is 1.03 bits per heavy atom. The van der Waals surface area contributed by atoms with Crippen LogP contribution in [0.3, 0.4) is 0 Å². The van der Waals surface area contributed by atoms with E-state index >= 15 is 0 Å². The zero-order chi connectivity index (χ0) is 22.3. The molecule has 5 rings (SSSR count). The maximum atomic E-state index is 13.4. The molecule has 0 unspecified atom stereocenters. The first kappa shape index (κ1) is 20.9. The fourth-order valence-corrected chi connectivity index (χ4v) is 6.02. The first-order valence-corrected chi connectivity index (χ1v) is 12.2. The summed E-state index contributed by atoms with van der Waals surface area (Å²) in [4.78, 5) is 17.6. The summed E-state index contributed by atoms with van der Waals surface area (Å²) < 4.78 is 39.3. The van der Waals surface area contributed by atoms with Gasteiger partial charge in [0.2, 0.25) is 10.0 Å².